The van der Waals surface area contributed by atoms with Gasteiger partial charge in [-0.1, -0.05) is 19.3 Å². The molecule has 1 rings (SSSR count). The molecular formula is C8H14O. The summed E-state index contributed by atoms with van der Waals surface area (Å²) in [5.41, 5.74) is 0. The minimum atomic E-state index is -1.97. The average Bonchev–Trinajstić information content (AvgIpc) is 2.01. The molecule has 0 unspecified atom stereocenters. The van der Waals surface area contributed by atoms with E-state index in [4.69, 9.17) is 5.48 Å². The molecule has 0 amide bonds. The monoisotopic (exact) mass is 130 g/mol. The van der Waals surface area contributed by atoms with E-state index in [1.807, 2.05) is 0 Å². The highest BCUT2D eigenvalue weighted by Crippen LogP contribution is 2.13. The van der Waals surface area contributed by atoms with Crippen molar-refractivity contribution < 1.29 is 10.3 Å². The molecule has 0 radical (unpaired) electrons. The number of rotatable bonds is 0. The van der Waals surface area contributed by atoms with E-state index in [-0.39, 0.29) is 12.8 Å². The highest BCUT2D eigenvalue weighted by molar-refractivity contribution is 5.78. The van der Waals surface area contributed by atoms with Crippen LogP contribution in [0.3, 0.4) is 0 Å². The van der Waals surface area contributed by atoms with Gasteiger partial charge in [0.1, 0.15) is 5.78 Å². The Morgan fingerprint density at radius 2 is 1.44 bits per heavy atom. The molecule has 0 heterocycles. The highest BCUT2D eigenvalue weighted by Gasteiger charge is 2.04. The first-order valence-corrected chi connectivity index (χ1v) is 3.41. The van der Waals surface area contributed by atoms with E-state index in [9.17, 15) is 4.79 Å². The summed E-state index contributed by atoms with van der Waals surface area (Å²) in [5.74, 6) is -0.875. The number of Topliss-reactive ketones (excluding diaryl/α,β-unsaturated/α-hetero) is 1. The second-order valence-electron chi connectivity index (χ2n) is 2.24. The third-order valence-electron chi connectivity index (χ3n) is 1.42. The number of hydrogen-bond donors (Lipinski definition) is 0. The fourth-order valence-electron chi connectivity index (χ4n) is 0.893. The minimum Gasteiger partial charge on any atom is -0.300 e. The van der Waals surface area contributed by atoms with E-state index >= 15 is 0 Å². The molecule has 0 atom stereocenters. The maximum absolute atomic E-state index is 11.4. The van der Waals surface area contributed by atoms with Gasteiger partial charge in [-0.15, -0.1) is 0 Å². The van der Waals surface area contributed by atoms with Gasteiger partial charge in [0, 0.05) is 18.2 Å². The van der Waals surface area contributed by atoms with Crippen molar-refractivity contribution in [2.24, 2.45) is 0 Å². The van der Waals surface area contributed by atoms with Crippen LogP contribution in [-0.4, -0.2) is 5.78 Å². The Kier molecular flexibility index (Phi) is 1.29. The van der Waals surface area contributed by atoms with E-state index < -0.39 is 18.5 Å². The molecule has 1 aliphatic carbocycles. The Hall–Kier alpha value is -0.330. The van der Waals surface area contributed by atoms with Crippen LogP contribution in [0.15, 0.2) is 0 Å². The minimum absolute atomic E-state index is 0.158. The predicted octanol–water partition coefficient (Wildman–Crippen LogP) is 2.30. The molecule has 1 saturated carbocycles. The summed E-state index contributed by atoms with van der Waals surface area (Å²) in [6.07, 6.45) is -1.46. The molecule has 0 aromatic heterocycles. The Morgan fingerprint density at radius 1 is 1.00 bits per heavy atom. The van der Waals surface area contributed by atoms with Crippen LogP contribution in [0.25, 0.3) is 0 Å². The van der Waals surface area contributed by atoms with Gasteiger partial charge in [0.2, 0.25) is 0 Å². The van der Waals surface area contributed by atoms with Gasteiger partial charge >= 0.3 is 0 Å². The highest BCUT2D eigenvalue weighted by atomic mass is 16.1. The van der Waals surface area contributed by atoms with E-state index in [2.05, 4.69) is 0 Å². The number of carbonyl (C=O) groups excluding carboxylic acids is 1. The van der Waals surface area contributed by atoms with Crippen molar-refractivity contribution in [2.45, 2.75) is 44.8 Å². The average molecular weight is 130 g/mol. The molecule has 0 aromatic carbocycles. The molecular weight excluding hydrogens is 112 g/mol. The first kappa shape index (κ1) is 3.18. The Balaban J connectivity index is 2.83. The quantitative estimate of drug-likeness (QED) is 0.491. The summed E-state index contributed by atoms with van der Waals surface area (Å²) < 4.78 is 29.6. The van der Waals surface area contributed by atoms with Crippen molar-refractivity contribution >= 4 is 5.78 Å². The maximum Gasteiger partial charge on any atom is 0.132 e. The van der Waals surface area contributed by atoms with E-state index in [0.29, 0.717) is 12.8 Å². The molecule has 1 aliphatic rings. The molecule has 1 fully saturated rings. The van der Waals surface area contributed by atoms with Crippen LogP contribution >= 0.6 is 0 Å². The van der Waals surface area contributed by atoms with Crippen LogP contribution in [-0.2, 0) is 4.79 Å². The molecule has 1 nitrogen and oxygen atoms in total. The van der Waals surface area contributed by atoms with Gasteiger partial charge in [0.15, 0.2) is 0 Å². The third-order valence-corrected chi connectivity index (χ3v) is 1.42. The van der Waals surface area contributed by atoms with Gasteiger partial charge in [0.25, 0.3) is 0 Å². The van der Waals surface area contributed by atoms with Crippen LogP contribution < -0.4 is 0 Å². The fraction of sp³-hybridized carbons (Fsp3) is 0.875. The molecule has 0 N–H and O–H groups in total. The van der Waals surface area contributed by atoms with Crippen LogP contribution in [0, 0.1) is 0 Å². The van der Waals surface area contributed by atoms with Crippen LogP contribution in [0.4, 0.5) is 0 Å². The number of hydrogen-bond acceptors (Lipinski definition) is 1. The first-order chi connectivity index (χ1) is 5.86. The smallest absolute Gasteiger partial charge is 0.132 e. The van der Waals surface area contributed by atoms with Crippen molar-refractivity contribution in [3.63, 3.8) is 0 Å². The van der Waals surface area contributed by atoms with Crippen molar-refractivity contribution in [3.8, 4) is 0 Å². The van der Waals surface area contributed by atoms with Crippen LogP contribution in [0.1, 0.15) is 50.3 Å². The lowest BCUT2D eigenvalue weighted by Gasteiger charge is -2.05. The predicted molar refractivity (Wildman–Crippen MR) is 37.3 cm³/mol. The molecule has 1 heteroatoms. The maximum atomic E-state index is 11.4. The lowest BCUT2D eigenvalue weighted by Crippen LogP contribution is -2.00. The molecule has 0 saturated heterocycles. The number of ketones is 1. The lowest BCUT2D eigenvalue weighted by molar-refractivity contribution is -0.119. The zero-order valence-electron chi connectivity index (χ0n) is 9.44. The van der Waals surface area contributed by atoms with Gasteiger partial charge in [0.05, 0.1) is 0 Å². The molecule has 0 aliphatic heterocycles. The van der Waals surface area contributed by atoms with E-state index in [0.717, 1.165) is 6.42 Å². The molecule has 52 valence electrons. The Labute approximate surface area is 62.1 Å². The Bertz CT molecular complexity index is 192. The van der Waals surface area contributed by atoms with Gasteiger partial charge in [-0.2, -0.15) is 0 Å². The SMILES string of the molecule is [2H]C1([2H])CCCCCC([2H])([2H])C1=O. The van der Waals surface area contributed by atoms with E-state index in [1.165, 1.54) is 0 Å². The zero-order valence-corrected chi connectivity index (χ0v) is 5.44. The summed E-state index contributed by atoms with van der Waals surface area (Å²) in [4.78, 5) is 11.4. The lowest BCUT2D eigenvalue weighted by atomic mass is 10.0. The molecule has 0 spiro atoms. The molecule has 0 aromatic rings. The second-order valence-corrected chi connectivity index (χ2v) is 2.24. The van der Waals surface area contributed by atoms with Crippen molar-refractivity contribution in [1.29, 1.82) is 0 Å². The van der Waals surface area contributed by atoms with Crippen molar-refractivity contribution in [2.75, 3.05) is 0 Å². The van der Waals surface area contributed by atoms with Crippen LogP contribution in [0.5, 0.6) is 0 Å². The standard InChI is InChI=1S/C8H14O/c9-8-6-4-2-1-3-5-7-8/h1-7H2/i6D2,7D2. The van der Waals surface area contributed by atoms with Crippen molar-refractivity contribution in [3.05, 3.63) is 0 Å². The largest absolute Gasteiger partial charge is 0.300 e. The van der Waals surface area contributed by atoms with E-state index in [1.54, 1.807) is 0 Å². The van der Waals surface area contributed by atoms with Crippen LogP contribution in [0.2, 0.25) is 0 Å². The van der Waals surface area contributed by atoms with Gasteiger partial charge in [-0.05, 0) is 12.8 Å². The Morgan fingerprint density at radius 3 is 2.00 bits per heavy atom. The van der Waals surface area contributed by atoms with Gasteiger partial charge < -0.3 is 0 Å². The number of carbonyl (C=O) groups is 1. The first-order valence-electron chi connectivity index (χ1n) is 5.41. The topological polar surface area (TPSA) is 17.1 Å². The van der Waals surface area contributed by atoms with Gasteiger partial charge in [-0.25, -0.2) is 0 Å². The van der Waals surface area contributed by atoms with Crippen molar-refractivity contribution in [1.82, 2.24) is 0 Å². The summed E-state index contributed by atoms with van der Waals surface area (Å²) in [5, 5.41) is 0. The molecule has 0 bridgehead atoms. The summed E-state index contributed by atoms with van der Waals surface area (Å²) in [6, 6.07) is 0. The summed E-state index contributed by atoms with van der Waals surface area (Å²) >= 11 is 0. The summed E-state index contributed by atoms with van der Waals surface area (Å²) in [7, 11) is 0. The molecule has 9 heavy (non-hydrogen) atoms. The fourth-order valence-corrected chi connectivity index (χ4v) is 0.893. The van der Waals surface area contributed by atoms with Gasteiger partial charge in [-0.3, -0.25) is 4.79 Å². The third kappa shape index (κ3) is 2.64. The zero-order chi connectivity index (χ0) is 10.1. The second kappa shape index (κ2) is 3.65. The summed E-state index contributed by atoms with van der Waals surface area (Å²) in [6.45, 7) is 0. The normalized spacial score (nSPS) is 40.7.